The van der Waals surface area contributed by atoms with E-state index in [1.54, 1.807) is 6.07 Å². The average Bonchev–Trinajstić information content (AvgIpc) is 2.72. The standard InChI is InChI=1S/C25H28BFO2/c1-26(2)24-14-13-23(19-25(24)27)29-17-15-21-10-6-12-22(18-21)28-16-7-11-20-8-4-3-5-9-20/h3-6,8-10,12-14,18-19H,7,11,15-17H2,1-2H3. The topological polar surface area (TPSA) is 18.5 Å². The summed E-state index contributed by atoms with van der Waals surface area (Å²) in [6.07, 6.45) is 2.74. The Bertz CT molecular complexity index is 896. The van der Waals surface area contributed by atoms with Crippen LogP contribution in [0.15, 0.2) is 72.8 Å². The Balaban J connectivity index is 1.43. The quantitative estimate of drug-likeness (QED) is 0.340. The molecule has 4 heteroatoms. The van der Waals surface area contributed by atoms with E-state index in [0.717, 1.165) is 36.0 Å². The van der Waals surface area contributed by atoms with E-state index >= 15 is 0 Å². The fourth-order valence-electron chi connectivity index (χ4n) is 3.25. The molecule has 3 aromatic carbocycles. The predicted molar refractivity (Wildman–Crippen MR) is 119 cm³/mol. The molecule has 0 unspecified atom stereocenters. The number of rotatable bonds is 10. The minimum Gasteiger partial charge on any atom is -0.494 e. The van der Waals surface area contributed by atoms with Crippen LogP contribution < -0.4 is 14.9 Å². The molecule has 0 bridgehead atoms. The molecule has 0 saturated heterocycles. The van der Waals surface area contributed by atoms with Crippen molar-refractivity contribution in [1.29, 1.82) is 0 Å². The van der Waals surface area contributed by atoms with Gasteiger partial charge in [0.05, 0.1) is 13.2 Å². The first-order chi connectivity index (χ1) is 14.1. The Kier molecular flexibility index (Phi) is 7.74. The molecular formula is C25H28BFO2. The zero-order valence-electron chi connectivity index (χ0n) is 17.2. The van der Waals surface area contributed by atoms with E-state index in [0.29, 0.717) is 19.0 Å². The lowest BCUT2D eigenvalue weighted by molar-refractivity contribution is 0.308. The SMILES string of the molecule is CB(C)c1ccc(OCCc2cccc(OCCCc3ccccc3)c2)cc1F. The van der Waals surface area contributed by atoms with Gasteiger partial charge in [0.2, 0.25) is 0 Å². The number of ether oxygens (including phenoxy) is 2. The second-order valence-electron chi connectivity index (χ2n) is 7.52. The predicted octanol–water partition coefficient (Wildman–Crippen LogP) is 5.42. The number of hydrogen-bond donors (Lipinski definition) is 0. The Morgan fingerprint density at radius 2 is 1.45 bits per heavy atom. The first-order valence-corrected chi connectivity index (χ1v) is 10.3. The first kappa shape index (κ1) is 21.0. The van der Waals surface area contributed by atoms with Gasteiger partial charge in [0.15, 0.2) is 6.71 Å². The summed E-state index contributed by atoms with van der Waals surface area (Å²) in [5.74, 6) is 1.24. The molecule has 0 aliphatic rings. The van der Waals surface area contributed by atoms with Crippen LogP contribution in [0.1, 0.15) is 17.5 Å². The Hall–Kier alpha value is -2.75. The van der Waals surface area contributed by atoms with Crippen LogP contribution in [-0.4, -0.2) is 19.9 Å². The van der Waals surface area contributed by atoms with Crippen LogP contribution in [0, 0.1) is 5.82 Å². The van der Waals surface area contributed by atoms with Gasteiger partial charge in [-0.15, -0.1) is 0 Å². The first-order valence-electron chi connectivity index (χ1n) is 10.3. The molecule has 0 saturated carbocycles. The van der Waals surface area contributed by atoms with E-state index in [4.69, 9.17) is 9.47 Å². The monoisotopic (exact) mass is 390 g/mol. The summed E-state index contributed by atoms with van der Waals surface area (Å²) in [7, 11) is 0. The van der Waals surface area contributed by atoms with Crippen LogP contribution in [0.3, 0.4) is 0 Å². The van der Waals surface area contributed by atoms with Gasteiger partial charge in [-0.25, -0.2) is 4.39 Å². The molecule has 0 aliphatic carbocycles. The van der Waals surface area contributed by atoms with Crippen molar-refractivity contribution in [3.8, 4) is 11.5 Å². The molecule has 0 atom stereocenters. The largest absolute Gasteiger partial charge is 0.494 e. The van der Waals surface area contributed by atoms with Crippen molar-refractivity contribution < 1.29 is 13.9 Å². The van der Waals surface area contributed by atoms with Crippen molar-refractivity contribution in [3.63, 3.8) is 0 Å². The maximum atomic E-state index is 14.1. The van der Waals surface area contributed by atoms with Gasteiger partial charge >= 0.3 is 0 Å². The van der Waals surface area contributed by atoms with Gasteiger partial charge in [0.1, 0.15) is 17.3 Å². The minimum atomic E-state index is -0.205. The molecule has 0 aliphatic heterocycles. The van der Waals surface area contributed by atoms with Gasteiger partial charge in [-0.2, -0.15) is 0 Å². The van der Waals surface area contributed by atoms with Crippen molar-refractivity contribution in [1.82, 2.24) is 0 Å². The highest BCUT2D eigenvalue weighted by molar-refractivity contribution is 6.70. The summed E-state index contributed by atoms with van der Waals surface area (Å²) < 4.78 is 25.7. The molecule has 0 amide bonds. The zero-order chi connectivity index (χ0) is 20.5. The number of hydrogen-bond acceptors (Lipinski definition) is 2. The maximum absolute atomic E-state index is 14.1. The molecule has 2 nitrogen and oxygen atoms in total. The molecule has 150 valence electrons. The summed E-state index contributed by atoms with van der Waals surface area (Å²) in [4.78, 5) is 0. The smallest absolute Gasteiger partial charge is 0.173 e. The molecular weight excluding hydrogens is 362 g/mol. The van der Waals surface area contributed by atoms with Crippen LogP contribution in [0.5, 0.6) is 11.5 Å². The molecule has 29 heavy (non-hydrogen) atoms. The van der Waals surface area contributed by atoms with Crippen LogP contribution in [0.2, 0.25) is 13.6 Å². The molecule has 3 rings (SSSR count). The van der Waals surface area contributed by atoms with E-state index in [9.17, 15) is 4.39 Å². The van der Waals surface area contributed by atoms with Crippen molar-refractivity contribution in [2.45, 2.75) is 32.9 Å². The van der Waals surface area contributed by atoms with E-state index in [-0.39, 0.29) is 12.5 Å². The molecule has 0 spiro atoms. The second kappa shape index (κ2) is 10.7. The lowest BCUT2D eigenvalue weighted by Gasteiger charge is -2.11. The van der Waals surface area contributed by atoms with Gasteiger partial charge < -0.3 is 9.47 Å². The third-order valence-corrected chi connectivity index (χ3v) is 4.87. The number of halogens is 1. The molecule has 0 N–H and O–H groups in total. The van der Waals surface area contributed by atoms with Gasteiger partial charge in [0.25, 0.3) is 0 Å². The van der Waals surface area contributed by atoms with Crippen LogP contribution in [-0.2, 0) is 12.8 Å². The molecule has 0 aromatic heterocycles. The summed E-state index contributed by atoms with van der Waals surface area (Å²) in [5.41, 5.74) is 3.19. The average molecular weight is 390 g/mol. The van der Waals surface area contributed by atoms with Gasteiger partial charge in [0, 0.05) is 12.5 Å². The van der Waals surface area contributed by atoms with Crippen LogP contribution >= 0.6 is 0 Å². The van der Waals surface area contributed by atoms with E-state index in [1.807, 2.05) is 44.0 Å². The van der Waals surface area contributed by atoms with E-state index in [1.165, 1.54) is 11.6 Å². The highest BCUT2D eigenvalue weighted by Crippen LogP contribution is 2.16. The van der Waals surface area contributed by atoms with Crippen LogP contribution in [0.25, 0.3) is 0 Å². The summed E-state index contributed by atoms with van der Waals surface area (Å²) >= 11 is 0. The van der Waals surface area contributed by atoms with Gasteiger partial charge in [-0.1, -0.05) is 62.2 Å². The fraction of sp³-hybridized carbons (Fsp3) is 0.280. The molecule has 3 aromatic rings. The summed E-state index contributed by atoms with van der Waals surface area (Å²) in [6.45, 7) is 5.32. The van der Waals surface area contributed by atoms with Gasteiger partial charge in [-0.05, 0) is 47.6 Å². The highest BCUT2D eigenvalue weighted by Gasteiger charge is 2.10. The Morgan fingerprint density at radius 3 is 2.21 bits per heavy atom. The highest BCUT2D eigenvalue weighted by atomic mass is 19.1. The maximum Gasteiger partial charge on any atom is 0.173 e. The zero-order valence-corrected chi connectivity index (χ0v) is 17.2. The van der Waals surface area contributed by atoms with Crippen molar-refractivity contribution in [3.05, 3.63) is 89.7 Å². The molecule has 0 fully saturated rings. The Labute approximate surface area is 173 Å². The van der Waals surface area contributed by atoms with E-state index in [2.05, 4.69) is 30.3 Å². The van der Waals surface area contributed by atoms with Crippen molar-refractivity contribution >= 4 is 12.2 Å². The number of aryl methyl sites for hydroxylation is 1. The third-order valence-electron chi connectivity index (χ3n) is 4.87. The third kappa shape index (κ3) is 6.67. The lowest BCUT2D eigenvalue weighted by atomic mass is 9.49. The molecule has 0 radical (unpaired) electrons. The Morgan fingerprint density at radius 1 is 0.724 bits per heavy atom. The normalized spacial score (nSPS) is 10.6. The van der Waals surface area contributed by atoms with E-state index < -0.39 is 0 Å². The van der Waals surface area contributed by atoms with Gasteiger partial charge in [-0.3, -0.25) is 0 Å². The van der Waals surface area contributed by atoms with Crippen LogP contribution in [0.4, 0.5) is 4.39 Å². The summed E-state index contributed by atoms with van der Waals surface area (Å²) in [6, 6.07) is 23.6. The van der Waals surface area contributed by atoms with Crippen molar-refractivity contribution in [2.75, 3.05) is 13.2 Å². The minimum absolute atomic E-state index is 0.166. The van der Waals surface area contributed by atoms with Crippen molar-refractivity contribution in [2.24, 2.45) is 0 Å². The lowest BCUT2D eigenvalue weighted by Crippen LogP contribution is -2.25. The summed E-state index contributed by atoms with van der Waals surface area (Å²) in [5, 5.41) is 0. The fourth-order valence-corrected chi connectivity index (χ4v) is 3.25. The number of benzene rings is 3. The molecule has 0 heterocycles. The second-order valence-corrected chi connectivity index (χ2v) is 7.52.